The minimum Gasteiger partial charge on any atom is -0.355 e. The Morgan fingerprint density at radius 2 is 2.33 bits per heavy atom. The second kappa shape index (κ2) is 4.66. The van der Waals surface area contributed by atoms with Crippen molar-refractivity contribution in [3.8, 4) is 0 Å². The number of anilines is 1. The summed E-state index contributed by atoms with van der Waals surface area (Å²) in [5.74, 6) is 2.39. The molecular weight excluding hydrogens is 188 g/mol. The van der Waals surface area contributed by atoms with Crippen LogP contribution in [0.5, 0.6) is 0 Å². The molecule has 1 aliphatic carbocycles. The molecule has 4 heteroatoms. The zero-order valence-corrected chi connectivity index (χ0v) is 9.32. The van der Waals surface area contributed by atoms with Crippen molar-refractivity contribution >= 4 is 5.95 Å². The van der Waals surface area contributed by atoms with E-state index in [2.05, 4.69) is 10.3 Å². The van der Waals surface area contributed by atoms with Gasteiger partial charge in [-0.05, 0) is 31.2 Å². The average Bonchev–Trinajstić information content (AvgIpc) is 2.83. The van der Waals surface area contributed by atoms with Gasteiger partial charge in [0.05, 0.1) is 0 Å². The van der Waals surface area contributed by atoms with E-state index >= 15 is 0 Å². The maximum absolute atomic E-state index is 5.75. The first-order valence-corrected chi connectivity index (χ1v) is 5.72. The number of nitrogens with zero attached hydrogens (tertiary/aromatic N) is 2. The van der Waals surface area contributed by atoms with Crippen LogP contribution < -0.4 is 11.1 Å². The fourth-order valence-corrected chi connectivity index (χ4v) is 2.45. The highest BCUT2D eigenvalue weighted by Crippen LogP contribution is 2.30. The third-order valence-electron chi connectivity index (χ3n) is 3.46. The Morgan fingerprint density at radius 1 is 1.53 bits per heavy atom. The molecule has 2 atom stereocenters. The van der Waals surface area contributed by atoms with E-state index in [1.807, 2.05) is 24.0 Å². The smallest absolute Gasteiger partial charge is 0.202 e. The summed E-state index contributed by atoms with van der Waals surface area (Å²) in [5, 5.41) is 3.40. The molecule has 3 N–H and O–H groups in total. The summed E-state index contributed by atoms with van der Waals surface area (Å²) in [4.78, 5) is 4.25. The van der Waals surface area contributed by atoms with Gasteiger partial charge in [-0.1, -0.05) is 6.42 Å². The molecule has 0 radical (unpaired) electrons. The van der Waals surface area contributed by atoms with Crippen molar-refractivity contribution in [3.05, 3.63) is 12.4 Å². The highest BCUT2D eigenvalue weighted by atomic mass is 15.2. The molecule has 1 saturated carbocycles. The minimum atomic E-state index is 0.706. The van der Waals surface area contributed by atoms with Gasteiger partial charge in [-0.15, -0.1) is 0 Å². The maximum atomic E-state index is 5.75. The van der Waals surface area contributed by atoms with E-state index < -0.39 is 0 Å². The van der Waals surface area contributed by atoms with Crippen molar-refractivity contribution in [3.63, 3.8) is 0 Å². The van der Waals surface area contributed by atoms with Gasteiger partial charge in [0.25, 0.3) is 0 Å². The summed E-state index contributed by atoms with van der Waals surface area (Å²) in [5.41, 5.74) is 5.75. The van der Waals surface area contributed by atoms with Gasteiger partial charge in [0.2, 0.25) is 5.95 Å². The largest absolute Gasteiger partial charge is 0.355 e. The fraction of sp³-hybridized carbons (Fsp3) is 0.727. The second-order valence-electron chi connectivity index (χ2n) is 4.43. The zero-order chi connectivity index (χ0) is 10.7. The van der Waals surface area contributed by atoms with Gasteiger partial charge < -0.3 is 15.6 Å². The van der Waals surface area contributed by atoms with Crippen molar-refractivity contribution in [2.45, 2.75) is 19.3 Å². The van der Waals surface area contributed by atoms with Crippen LogP contribution in [0.3, 0.4) is 0 Å². The number of rotatable bonds is 4. The molecule has 1 aromatic rings. The van der Waals surface area contributed by atoms with Crippen LogP contribution in [-0.2, 0) is 7.05 Å². The molecule has 0 aliphatic heterocycles. The van der Waals surface area contributed by atoms with E-state index in [1.165, 1.54) is 19.3 Å². The molecule has 0 saturated heterocycles. The molecular formula is C11H20N4. The minimum absolute atomic E-state index is 0.706. The Balaban J connectivity index is 1.85. The van der Waals surface area contributed by atoms with E-state index in [9.17, 15) is 0 Å². The Morgan fingerprint density at radius 3 is 3.00 bits per heavy atom. The standard InChI is InChI=1S/C11H20N4/c1-15-6-5-13-11(15)14-8-10-4-2-3-9(10)7-12/h5-6,9-10H,2-4,7-8,12H2,1H3,(H,13,14). The molecule has 84 valence electrons. The zero-order valence-electron chi connectivity index (χ0n) is 9.32. The molecule has 2 unspecified atom stereocenters. The van der Waals surface area contributed by atoms with Crippen LogP contribution in [-0.4, -0.2) is 22.6 Å². The Bertz CT molecular complexity index is 307. The second-order valence-corrected chi connectivity index (χ2v) is 4.43. The monoisotopic (exact) mass is 208 g/mol. The highest BCUT2D eigenvalue weighted by molar-refractivity contribution is 5.25. The molecule has 1 fully saturated rings. The lowest BCUT2D eigenvalue weighted by molar-refractivity contribution is 0.413. The van der Waals surface area contributed by atoms with Gasteiger partial charge >= 0.3 is 0 Å². The van der Waals surface area contributed by atoms with Crippen molar-refractivity contribution in [2.75, 3.05) is 18.4 Å². The van der Waals surface area contributed by atoms with Crippen LogP contribution in [0, 0.1) is 11.8 Å². The maximum Gasteiger partial charge on any atom is 0.202 e. The predicted octanol–water partition coefficient (Wildman–Crippen LogP) is 1.21. The molecule has 0 amide bonds. The Hall–Kier alpha value is -1.03. The lowest BCUT2D eigenvalue weighted by atomic mass is 9.96. The SMILES string of the molecule is Cn1ccnc1NCC1CCCC1CN. The number of nitrogens with one attached hydrogen (secondary N) is 1. The van der Waals surface area contributed by atoms with Gasteiger partial charge in [-0.2, -0.15) is 0 Å². The van der Waals surface area contributed by atoms with Crippen LogP contribution >= 0.6 is 0 Å². The number of aromatic nitrogens is 2. The molecule has 0 spiro atoms. The van der Waals surface area contributed by atoms with E-state index in [-0.39, 0.29) is 0 Å². The van der Waals surface area contributed by atoms with Gasteiger partial charge in [-0.25, -0.2) is 4.98 Å². The van der Waals surface area contributed by atoms with Gasteiger partial charge in [-0.3, -0.25) is 0 Å². The first-order valence-electron chi connectivity index (χ1n) is 5.72. The van der Waals surface area contributed by atoms with Crippen LogP contribution in [0.25, 0.3) is 0 Å². The van der Waals surface area contributed by atoms with Crippen molar-refractivity contribution in [1.82, 2.24) is 9.55 Å². The van der Waals surface area contributed by atoms with Gasteiger partial charge in [0, 0.05) is 26.0 Å². The van der Waals surface area contributed by atoms with Gasteiger partial charge in [0.15, 0.2) is 0 Å². The molecule has 15 heavy (non-hydrogen) atoms. The normalized spacial score (nSPS) is 25.7. The molecule has 1 heterocycles. The topological polar surface area (TPSA) is 55.9 Å². The molecule has 0 bridgehead atoms. The summed E-state index contributed by atoms with van der Waals surface area (Å²) in [6.07, 6.45) is 7.70. The molecule has 2 rings (SSSR count). The third kappa shape index (κ3) is 2.31. The quantitative estimate of drug-likeness (QED) is 0.782. The molecule has 4 nitrogen and oxygen atoms in total. The Kier molecular flexibility index (Phi) is 3.26. The predicted molar refractivity (Wildman–Crippen MR) is 61.6 cm³/mol. The third-order valence-corrected chi connectivity index (χ3v) is 3.46. The van der Waals surface area contributed by atoms with Crippen LogP contribution in [0.1, 0.15) is 19.3 Å². The van der Waals surface area contributed by atoms with Crippen molar-refractivity contribution in [2.24, 2.45) is 24.6 Å². The lowest BCUT2D eigenvalue weighted by Gasteiger charge is -2.18. The summed E-state index contributed by atoms with van der Waals surface area (Å²) >= 11 is 0. The first kappa shape index (κ1) is 10.5. The first-order chi connectivity index (χ1) is 7.31. The lowest BCUT2D eigenvalue weighted by Crippen LogP contribution is -2.25. The number of hydrogen-bond donors (Lipinski definition) is 2. The van der Waals surface area contributed by atoms with Crippen LogP contribution in [0.4, 0.5) is 5.95 Å². The summed E-state index contributed by atoms with van der Waals surface area (Å²) < 4.78 is 2.01. The number of hydrogen-bond acceptors (Lipinski definition) is 3. The number of aryl methyl sites for hydroxylation is 1. The molecule has 1 aliphatic rings. The highest BCUT2D eigenvalue weighted by Gasteiger charge is 2.25. The summed E-state index contributed by atoms with van der Waals surface area (Å²) in [6.45, 7) is 1.83. The van der Waals surface area contributed by atoms with E-state index in [1.54, 1.807) is 0 Å². The molecule has 1 aromatic heterocycles. The van der Waals surface area contributed by atoms with E-state index in [0.717, 1.165) is 25.0 Å². The van der Waals surface area contributed by atoms with E-state index in [0.29, 0.717) is 5.92 Å². The number of nitrogens with two attached hydrogens (primary N) is 1. The van der Waals surface area contributed by atoms with Crippen molar-refractivity contribution in [1.29, 1.82) is 0 Å². The van der Waals surface area contributed by atoms with Crippen molar-refractivity contribution < 1.29 is 0 Å². The fourth-order valence-electron chi connectivity index (χ4n) is 2.45. The van der Waals surface area contributed by atoms with Gasteiger partial charge in [0.1, 0.15) is 0 Å². The summed E-state index contributed by atoms with van der Waals surface area (Å²) in [6, 6.07) is 0. The van der Waals surface area contributed by atoms with E-state index in [4.69, 9.17) is 5.73 Å². The summed E-state index contributed by atoms with van der Waals surface area (Å²) in [7, 11) is 2.00. The van der Waals surface area contributed by atoms with Crippen LogP contribution in [0.2, 0.25) is 0 Å². The average molecular weight is 208 g/mol. The molecule has 0 aromatic carbocycles. The Labute approximate surface area is 90.9 Å². The van der Waals surface area contributed by atoms with Crippen LogP contribution in [0.15, 0.2) is 12.4 Å². The number of imidazole rings is 1.